The van der Waals surface area contributed by atoms with E-state index >= 15 is 0 Å². The highest BCUT2D eigenvalue weighted by Crippen LogP contribution is 2.29. The zero-order valence-electron chi connectivity index (χ0n) is 9.41. The molecule has 0 fully saturated rings. The topological polar surface area (TPSA) is 116 Å². The van der Waals surface area contributed by atoms with Gasteiger partial charge in [0.2, 0.25) is 5.95 Å². The fourth-order valence-electron chi connectivity index (χ4n) is 1.24. The van der Waals surface area contributed by atoms with Gasteiger partial charge in [-0.3, -0.25) is 15.5 Å². The maximum absolute atomic E-state index is 12.7. The van der Waals surface area contributed by atoms with Crippen LogP contribution in [0.15, 0.2) is 30.5 Å². The van der Waals surface area contributed by atoms with E-state index in [0.717, 1.165) is 18.3 Å². The number of hydrogen-bond donors (Lipinski definition) is 2. The van der Waals surface area contributed by atoms with Crippen molar-refractivity contribution in [3.05, 3.63) is 46.4 Å². The molecule has 1 heterocycles. The van der Waals surface area contributed by atoms with Crippen molar-refractivity contribution in [1.29, 1.82) is 0 Å². The van der Waals surface area contributed by atoms with Crippen LogP contribution >= 0.6 is 0 Å². The van der Waals surface area contributed by atoms with Crippen molar-refractivity contribution in [3.63, 3.8) is 0 Å². The smallest absolute Gasteiger partial charge is 0.349 e. The molecule has 0 saturated heterocycles. The molecule has 2 rings (SSSR count). The summed E-state index contributed by atoms with van der Waals surface area (Å²) in [5.41, 5.74) is 1.72. The average Bonchev–Trinajstić information content (AvgIpc) is 2.41. The second-order valence-corrected chi connectivity index (χ2v) is 3.34. The van der Waals surface area contributed by atoms with Crippen molar-refractivity contribution in [2.45, 2.75) is 0 Å². The molecule has 0 saturated carbocycles. The van der Waals surface area contributed by atoms with Crippen LogP contribution in [-0.2, 0) is 0 Å². The van der Waals surface area contributed by atoms with Crippen LogP contribution in [0.4, 0.5) is 16.0 Å². The number of anilines is 1. The fourth-order valence-corrected chi connectivity index (χ4v) is 1.24. The molecule has 0 bridgehead atoms. The van der Waals surface area contributed by atoms with Crippen LogP contribution in [-0.4, -0.2) is 14.9 Å². The number of ether oxygens (including phenoxy) is 1. The van der Waals surface area contributed by atoms with Crippen LogP contribution in [0.3, 0.4) is 0 Å². The van der Waals surface area contributed by atoms with Gasteiger partial charge in [0.05, 0.1) is 4.92 Å². The Kier molecular flexibility index (Phi) is 3.48. The first kappa shape index (κ1) is 12.6. The molecule has 98 valence electrons. The zero-order chi connectivity index (χ0) is 13.8. The van der Waals surface area contributed by atoms with Crippen molar-refractivity contribution >= 4 is 11.6 Å². The Morgan fingerprint density at radius 2 is 2.05 bits per heavy atom. The molecule has 0 aliphatic rings. The second kappa shape index (κ2) is 5.23. The van der Waals surface area contributed by atoms with Crippen LogP contribution in [0.25, 0.3) is 0 Å². The Balaban J connectivity index is 2.36. The molecule has 9 heteroatoms. The predicted octanol–water partition coefficient (Wildman–Crippen LogP) is 1.60. The SMILES string of the molecule is NNc1ncc([N+](=O)[O-])c(Oc2ccc(F)cc2)n1. The number of hydrazine groups is 1. The standard InChI is InChI=1S/C10H8FN5O3/c11-6-1-3-7(4-2-6)19-9-8(16(17)18)5-13-10(14-9)15-12/h1-5H,12H2,(H,13,14,15). The molecular weight excluding hydrogens is 257 g/mol. The van der Waals surface area contributed by atoms with Crippen molar-refractivity contribution in [1.82, 2.24) is 9.97 Å². The Morgan fingerprint density at radius 3 is 2.63 bits per heavy atom. The first-order valence-electron chi connectivity index (χ1n) is 5.01. The molecule has 8 nitrogen and oxygen atoms in total. The van der Waals surface area contributed by atoms with Gasteiger partial charge in [-0.2, -0.15) is 4.98 Å². The van der Waals surface area contributed by atoms with Crippen molar-refractivity contribution < 1.29 is 14.1 Å². The molecule has 0 aliphatic heterocycles. The van der Waals surface area contributed by atoms with Gasteiger partial charge in [0.15, 0.2) is 0 Å². The van der Waals surface area contributed by atoms with Crippen molar-refractivity contribution in [2.75, 3.05) is 5.43 Å². The van der Waals surface area contributed by atoms with E-state index in [-0.39, 0.29) is 17.6 Å². The van der Waals surface area contributed by atoms with Gasteiger partial charge in [0.1, 0.15) is 17.8 Å². The Morgan fingerprint density at radius 1 is 1.37 bits per heavy atom. The maximum atomic E-state index is 12.7. The first-order valence-corrected chi connectivity index (χ1v) is 5.01. The number of halogens is 1. The van der Waals surface area contributed by atoms with E-state index in [4.69, 9.17) is 10.6 Å². The predicted molar refractivity (Wildman–Crippen MR) is 63.0 cm³/mol. The number of hydrogen-bond acceptors (Lipinski definition) is 7. The van der Waals surface area contributed by atoms with Gasteiger partial charge < -0.3 is 4.74 Å². The van der Waals surface area contributed by atoms with Gasteiger partial charge in [-0.25, -0.2) is 15.2 Å². The molecule has 0 aliphatic carbocycles. The second-order valence-electron chi connectivity index (χ2n) is 3.34. The molecule has 1 aromatic carbocycles. The molecule has 0 amide bonds. The number of nitro groups is 1. The highest BCUT2D eigenvalue weighted by molar-refractivity contribution is 5.45. The Hall–Kier alpha value is -2.81. The molecule has 3 N–H and O–H groups in total. The molecular formula is C10H8FN5O3. The Labute approximate surface area is 106 Å². The minimum atomic E-state index is -0.695. The van der Waals surface area contributed by atoms with E-state index in [2.05, 4.69) is 15.4 Å². The number of benzene rings is 1. The summed E-state index contributed by atoms with van der Waals surface area (Å²) in [5.74, 6) is 4.53. The number of aromatic nitrogens is 2. The van der Waals surface area contributed by atoms with Crippen LogP contribution in [0.5, 0.6) is 11.6 Å². The fraction of sp³-hybridized carbons (Fsp3) is 0. The summed E-state index contributed by atoms with van der Waals surface area (Å²) >= 11 is 0. The van der Waals surface area contributed by atoms with E-state index in [9.17, 15) is 14.5 Å². The van der Waals surface area contributed by atoms with Crippen LogP contribution in [0, 0.1) is 15.9 Å². The zero-order valence-corrected chi connectivity index (χ0v) is 9.41. The monoisotopic (exact) mass is 265 g/mol. The molecule has 0 radical (unpaired) electrons. The molecule has 2 aromatic rings. The number of nitrogens with zero attached hydrogens (tertiary/aromatic N) is 3. The van der Waals surface area contributed by atoms with E-state index in [0.29, 0.717) is 0 Å². The first-order chi connectivity index (χ1) is 9.10. The highest BCUT2D eigenvalue weighted by atomic mass is 19.1. The summed E-state index contributed by atoms with van der Waals surface area (Å²) < 4.78 is 17.9. The number of nitrogens with two attached hydrogens (primary N) is 1. The summed E-state index contributed by atoms with van der Waals surface area (Å²) in [6.07, 6.45) is 0.959. The van der Waals surface area contributed by atoms with Gasteiger partial charge in [-0.1, -0.05) is 0 Å². The lowest BCUT2D eigenvalue weighted by Gasteiger charge is -2.06. The summed E-state index contributed by atoms with van der Waals surface area (Å²) in [6, 6.07) is 4.95. The minimum absolute atomic E-state index is 0.0392. The van der Waals surface area contributed by atoms with E-state index in [1.54, 1.807) is 0 Å². The quantitative estimate of drug-likeness (QED) is 0.490. The summed E-state index contributed by atoms with van der Waals surface area (Å²) in [7, 11) is 0. The van der Waals surface area contributed by atoms with Crippen LogP contribution < -0.4 is 16.0 Å². The van der Waals surface area contributed by atoms with E-state index in [1.807, 2.05) is 0 Å². The van der Waals surface area contributed by atoms with Gasteiger partial charge in [-0.05, 0) is 24.3 Å². The molecule has 1 aromatic heterocycles. The lowest BCUT2D eigenvalue weighted by molar-refractivity contribution is -0.386. The maximum Gasteiger partial charge on any atom is 0.349 e. The third-order valence-corrected chi connectivity index (χ3v) is 2.09. The lowest BCUT2D eigenvalue weighted by Crippen LogP contribution is -2.11. The van der Waals surface area contributed by atoms with Gasteiger partial charge >= 0.3 is 11.6 Å². The highest BCUT2D eigenvalue weighted by Gasteiger charge is 2.19. The third-order valence-electron chi connectivity index (χ3n) is 2.09. The normalized spacial score (nSPS) is 10.0. The average molecular weight is 265 g/mol. The number of nitrogens with one attached hydrogen (secondary N) is 1. The van der Waals surface area contributed by atoms with E-state index in [1.165, 1.54) is 12.1 Å². The van der Waals surface area contributed by atoms with Crippen molar-refractivity contribution in [2.24, 2.45) is 5.84 Å². The van der Waals surface area contributed by atoms with Crippen LogP contribution in [0.1, 0.15) is 0 Å². The summed E-state index contributed by atoms with van der Waals surface area (Å²) in [5, 5.41) is 10.8. The summed E-state index contributed by atoms with van der Waals surface area (Å²) in [4.78, 5) is 17.4. The molecule has 0 unspecified atom stereocenters. The largest absolute Gasteiger partial charge is 0.434 e. The van der Waals surface area contributed by atoms with E-state index < -0.39 is 16.4 Å². The minimum Gasteiger partial charge on any atom is -0.434 e. The van der Waals surface area contributed by atoms with Gasteiger partial charge in [0, 0.05) is 0 Å². The van der Waals surface area contributed by atoms with Gasteiger partial charge in [0.25, 0.3) is 0 Å². The molecule has 0 atom stereocenters. The Bertz CT molecular complexity index is 605. The lowest BCUT2D eigenvalue weighted by atomic mass is 10.3. The summed E-state index contributed by atoms with van der Waals surface area (Å²) in [6.45, 7) is 0. The van der Waals surface area contributed by atoms with Crippen molar-refractivity contribution in [3.8, 4) is 11.6 Å². The number of nitrogen functional groups attached to an aromatic ring is 1. The van der Waals surface area contributed by atoms with Crippen LogP contribution in [0.2, 0.25) is 0 Å². The number of rotatable bonds is 4. The third kappa shape index (κ3) is 2.90. The van der Waals surface area contributed by atoms with Gasteiger partial charge in [-0.15, -0.1) is 0 Å². The molecule has 0 spiro atoms. The molecule has 19 heavy (non-hydrogen) atoms.